The van der Waals surface area contributed by atoms with Crippen molar-refractivity contribution in [3.8, 4) is 0 Å². The summed E-state index contributed by atoms with van der Waals surface area (Å²) in [7, 11) is -3.29. The monoisotopic (exact) mass is 336 g/mol. The first-order chi connectivity index (χ1) is 10.8. The molecule has 126 valence electrons. The van der Waals surface area contributed by atoms with Crippen molar-refractivity contribution >= 4 is 21.6 Å². The van der Waals surface area contributed by atoms with Crippen LogP contribution in [0.3, 0.4) is 0 Å². The summed E-state index contributed by atoms with van der Waals surface area (Å²) in [5.41, 5.74) is 2.32. The average molecular weight is 336 g/mol. The summed E-state index contributed by atoms with van der Waals surface area (Å²) in [6.45, 7) is 5.69. The molecule has 0 aromatic heterocycles. The van der Waals surface area contributed by atoms with Crippen LogP contribution in [0.4, 0.5) is 5.69 Å². The van der Waals surface area contributed by atoms with Gasteiger partial charge in [-0.1, -0.05) is 6.92 Å². The van der Waals surface area contributed by atoms with E-state index in [9.17, 15) is 13.2 Å². The van der Waals surface area contributed by atoms with Crippen LogP contribution in [0.2, 0.25) is 0 Å². The molecule has 1 amide bonds. The molecule has 2 atom stereocenters. The number of piperidine rings is 1. The standard InChI is InChI=1S/C17H24N2O3S/c1-12-5-4-8-18(11-12)17(20)14-6-7-16-15(10-14)9-13(2)19(16)23(3,21)22/h6-7,10,12-13H,4-5,8-9,11H2,1-3H3/t12-,13+/m1/s1. The highest BCUT2D eigenvalue weighted by Gasteiger charge is 2.33. The van der Waals surface area contributed by atoms with Gasteiger partial charge in [-0.2, -0.15) is 0 Å². The molecule has 5 nitrogen and oxygen atoms in total. The second kappa shape index (κ2) is 5.82. The van der Waals surface area contributed by atoms with Gasteiger partial charge in [-0.05, 0) is 55.9 Å². The molecular weight excluding hydrogens is 312 g/mol. The highest BCUT2D eigenvalue weighted by Crippen LogP contribution is 2.35. The largest absolute Gasteiger partial charge is 0.338 e. The van der Waals surface area contributed by atoms with E-state index in [1.54, 1.807) is 12.1 Å². The first kappa shape index (κ1) is 16.3. The van der Waals surface area contributed by atoms with Gasteiger partial charge in [0.25, 0.3) is 5.91 Å². The van der Waals surface area contributed by atoms with Crippen LogP contribution >= 0.6 is 0 Å². The Morgan fingerprint density at radius 2 is 2.00 bits per heavy atom. The van der Waals surface area contributed by atoms with Crippen molar-refractivity contribution in [1.29, 1.82) is 0 Å². The molecule has 0 aliphatic carbocycles. The molecule has 1 aromatic rings. The first-order valence-corrected chi connectivity index (χ1v) is 10.0. The Hall–Kier alpha value is -1.56. The van der Waals surface area contributed by atoms with E-state index in [0.717, 1.165) is 25.1 Å². The van der Waals surface area contributed by atoms with Crippen molar-refractivity contribution < 1.29 is 13.2 Å². The minimum atomic E-state index is -3.29. The Morgan fingerprint density at radius 1 is 1.26 bits per heavy atom. The lowest BCUT2D eigenvalue weighted by molar-refractivity contribution is 0.0683. The maximum atomic E-state index is 12.7. The lowest BCUT2D eigenvalue weighted by Crippen LogP contribution is -2.39. The van der Waals surface area contributed by atoms with Crippen LogP contribution in [0.5, 0.6) is 0 Å². The van der Waals surface area contributed by atoms with Crippen LogP contribution < -0.4 is 4.31 Å². The van der Waals surface area contributed by atoms with Crippen molar-refractivity contribution in [3.63, 3.8) is 0 Å². The summed E-state index contributed by atoms with van der Waals surface area (Å²) in [6.07, 6.45) is 4.11. The molecule has 0 spiro atoms. The summed E-state index contributed by atoms with van der Waals surface area (Å²) < 4.78 is 25.4. The fraction of sp³-hybridized carbons (Fsp3) is 0.588. The topological polar surface area (TPSA) is 57.7 Å². The number of likely N-dealkylation sites (tertiary alicyclic amines) is 1. The average Bonchev–Trinajstić information content (AvgIpc) is 2.81. The molecule has 2 heterocycles. The summed E-state index contributed by atoms with van der Waals surface area (Å²) >= 11 is 0. The smallest absolute Gasteiger partial charge is 0.253 e. The maximum absolute atomic E-state index is 12.7. The van der Waals surface area contributed by atoms with Crippen LogP contribution in [0.1, 0.15) is 42.6 Å². The van der Waals surface area contributed by atoms with E-state index >= 15 is 0 Å². The molecule has 1 aromatic carbocycles. The maximum Gasteiger partial charge on any atom is 0.253 e. The third-order valence-corrected chi connectivity index (χ3v) is 6.05. The van der Waals surface area contributed by atoms with Crippen molar-refractivity contribution in [1.82, 2.24) is 4.90 Å². The Morgan fingerprint density at radius 3 is 2.65 bits per heavy atom. The highest BCUT2D eigenvalue weighted by atomic mass is 32.2. The van der Waals surface area contributed by atoms with Crippen LogP contribution in [-0.4, -0.2) is 44.6 Å². The predicted molar refractivity (Wildman–Crippen MR) is 91.2 cm³/mol. The normalized spacial score (nSPS) is 24.7. The van der Waals surface area contributed by atoms with Gasteiger partial charge in [-0.25, -0.2) is 8.42 Å². The Bertz CT molecular complexity index is 729. The number of anilines is 1. The third-order valence-electron chi connectivity index (χ3n) is 4.78. The van der Waals surface area contributed by atoms with E-state index in [1.807, 2.05) is 17.9 Å². The van der Waals surface area contributed by atoms with Crippen LogP contribution in [0, 0.1) is 5.92 Å². The number of sulfonamides is 1. The molecule has 1 saturated heterocycles. The molecule has 3 rings (SSSR count). The summed E-state index contributed by atoms with van der Waals surface area (Å²) in [5, 5.41) is 0. The number of fused-ring (bicyclic) bond motifs is 1. The van der Waals surface area contributed by atoms with Gasteiger partial charge in [0.15, 0.2) is 0 Å². The Balaban J connectivity index is 1.88. The van der Waals surface area contributed by atoms with Crippen molar-refractivity contribution in [2.75, 3.05) is 23.7 Å². The molecule has 2 aliphatic rings. The fourth-order valence-electron chi connectivity index (χ4n) is 3.80. The molecule has 0 N–H and O–H groups in total. The zero-order valence-corrected chi connectivity index (χ0v) is 14.8. The number of hydrogen-bond acceptors (Lipinski definition) is 3. The quantitative estimate of drug-likeness (QED) is 0.832. The third kappa shape index (κ3) is 3.09. The number of hydrogen-bond donors (Lipinski definition) is 0. The highest BCUT2D eigenvalue weighted by molar-refractivity contribution is 7.92. The van der Waals surface area contributed by atoms with Crippen molar-refractivity contribution in [3.05, 3.63) is 29.3 Å². The fourth-order valence-corrected chi connectivity index (χ4v) is 5.06. The van der Waals surface area contributed by atoms with Gasteiger partial charge < -0.3 is 4.90 Å². The number of benzene rings is 1. The van der Waals surface area contributed by atoms with E-state index in [0.29, 0.717) is 23.6 Å². The molecule has 0 saturated carbocycles. The molecule has 0 radical (unpaired) electrons. The van der Waals surface area contributed by atoms with Gasteiger partial charge in [0, 0.05) is 24.7 Å². The van der Waals surface area contributed by atoms with Crippen LogP contribution in [-0.2, 0) is 16.4 Å². The van der Waals surface area contributed by atoms with Crippen LogP contribution in [0.15, 0.2) is 18.2 Å². The lowest BCUT2D eigenvalue weighted by atomic mass is 9.99. The summed E-state index contributed by atoms with van der Waals surface area (Å²) in [4.78, 5) is 14.6. The van der Waals surface area contributed by atoms with Crippen molar-refractivity contribution in [2.45, 2.75) is 39.2 Å². The van der Waals surface area contributed by atoms with Gasteiger partial charge in [-0.15, -0.1) is 0 Å². The zero-order chi connectivity index (χ0) is 16.8. The number of carbonyl (C=O) groups is 1. The van der Waals surface area contributed by atoms with Gasteiger partial charge in [0.1, 0.15) is 0 Å². The van der Waals surface area contributed by atoms with Gasteiger partial charge in [-0.3, -0.25) is 9.10 Å². The molecule has 1 fully saturated rings. The summed E-state index contributed by atoms with van der Waals surface area (Å²) in [6, 6.07) is 5.32. The van der Waals surface area contributed by atoms with Gasteiger partial charge in [0.05, 0.1) is 11.9 Å². The Kier molecular flexibility index (Phi) is 4.12. The molecule has 6 heteroatoms. The van der Waals surface area contributed by atoms with E-state index < -0.39 is 10.0 Å². The number of carbonyl (C=O) groups excluding carboxylic acids is 1. The molecule has 0 bridgehead atoms. The zero-order valence-electron chi connectivity index (χ0n) is 13.9. The van der Waals surface area contributed by atoms with Gasteiger partial charge in [0.2, 0.25) is 10.0 Å². The van der Waals surface area contributed by atoms with Gasteiger partial charge >= 0.3 is 0 Å². The predicted octanol–water partition coefficient (Wildman–Crippen LogP) is 2.27. The minimum absolute atomic E-state index is 0.0600. The minimum Gasteiger partial charge on any atom is -0.338 e. The Labute approximate surface area is 138 Å². The summed E-state index contributed by atoms with van der Waals surface area (Å²) in [5.74, 6) is 0.604. The number of rotatable bonds is 2. The van der Waals surface area contributed by atoms with E-state index in [2.05, 4.69) is 6.92 Å². The van der Waals surface area contributed by atoms with E-state index in [4.69, 9.17) is 0 Å². The second-order valence-electron chi connectivity index (χ2n) is 6.95. The molecule has 0 unspecified atom stereocenters. The molecule has 23 heavy (non-hydrogen) atoms. The SMILES string of the molecule is C[C@@H]1CCCN(C(=O)c2ccc3c(c2)C[C@H](C)N3S(C)(=O)=O)C1. The van der Waals surface area contributed by atoms with Crippen molar-refractivity contribution in [2.24, 2.45) is 5.92 Å². The molecular formula is C17H24N2O3S. The first-order valence-electron chi connectivity index (χ1n) is 8.19. The lowest BCUT2D eigenvalue weighted by Gasteiger charge is -2.31. The number of nitrogens with zero attached hydrogens (tertiary/aromatic N) is 2. The van der Waals surface area contributed by atoms with E-state index in [1.165, 1.54) is 17.0 Å². The van der Waals surface area contributed by atoms with Crippen LogP contribution in [0.25, 0.3) is 0 Å². The second-order valence-corrected chi connectivity index (χ2v) is 8.81. The molecule has 2 aliphatic heterocycles. The number of amides is 1. The van der Waals surface area contributed by atoms with E-state index in [-0.39, 0.29) is 11.9 Å².